The van der Waals surface area contributed by atoms with E-state index in [9.17, 15) is 9.59 Å². The first kappa shape index (κ1) is 24.2. The summed E-state index contributed by atoms with van der Waals surface area (Å²) in [5.41, 5.74) is 1.63. The van der Waals surface area contributed by atoms with E-state index in [0.717, 1.165) is 37.8 Å². The smallest absolute Gasteiger partial charge is 0.267 e. The molecule has 10 heteroatoms. The van der Waals surface area contributed by atoms with Gasteiger partial charge < -0.3 is 9.88 Å². The number of pyridine rings is 1. The van der Waals surface area contributed by atoms with Crippen LogP contribution in [0.1, 0.15) is 43.7 Å². The molecule has 1 amide bonds. The third kappa shape index (κ3) is 5.23. The van der Waals surface area contributed by atoms with Crippen molar-refractivity contribution in [1.82, 2.24) is 23.8 Å². The van der Waals surface area contributed by atoms with E-state index in [1.165, 1.54) is 16.2 Å². The van der Waals surface area contributed by atoms with Gasteiger partial charge in [-0.3, -0.25) is 18.9 Å². The molecule has 0 aliphatic carbocycles. The van der Waals surface area contributed by atoms with Crippen molar-refractivity contribution < 1.29 is 4.79 Å². The van der Waals surface area contributed by atoms with Gasteiger partial charge in [-0.15, -0.1) is 0 Å². The maximum atomic E-state index is 13.4. The van der Waals surface area contributed by atoms with Crippen molar-refractivity contribution in [3.63, 3.8) is 0 Å². The predicted molar refractivity (Wildman–Crippen MR) is 141 cm³/mol. The lowest BCUT2D eigenvalue weighted by Gasteiger charge is -2.14. The van der Waals surface area contributed by atoms with Crippen molar-refractivity contribution in [1.29, 1.82) is 0 Å². The van der Waals surface area contributed by atoms with Crippen LogP contribution in [0.5, 0.6) is 0 Å². The Morgan fingerprint density at radius 3 is 2.79 bits per heavy atom. The Hall–Kier alpha value is -2.98. The molecular formula is C24H28N6O2S2. The minimum Gasteiger partial charge on any atom is -0.369 e. The lowest BCUT2D eigenvalue weighted by atomic mass is 10.2. The van der Waals surface area contributed by atoms with Crippen molar-refractivity contribution >= 4 is 51.7 Å². The van der Waals surface area contributed by atoms with Crippen LogP contribution in [0.3, 0.4) is 0 Å². The monoisotopic (exact) mass is 496 g/mol. The van der Waals surface area contributed by atoms with Gasteiger partial charge in [0.15, 0.2) is 0 Å². The number of thioether (sulfide) groups is 1. The molecule has 3 aromatic heterocycles. The Balaban J connectivity index is 1.64. The molecule has 1 aliphatic heterocycles. The molecule has 1 fully saturated rings. The van der Waals surface area contributed by atoms with Crippen molar-refractivity contribution in [2.24, 2.45) is 0 Å². The molecule has 0 radical (unpaired) electrons. The summed E-state index contributed by atoms with van der Waals surface area (Å²) >= 11 is 6.69. The molecular weight excluding hydrogens is 468 g/mol. The largest absolute Gasteiger partial charge is 0.369 e. The summed E-state index contributed by atoms with van der Waals surface area (Å²) < 4.78 is 4.06. The van der Waals surface area contributed by atoms with Crippen LogP contribution in [0.4, 0.5) is 5.82 Å². The highest BCUT2D eigenvalue weighted by Gasteiger charge is 2.32. The summed E-state index contributed by atoms with van der Waals surface area (Å²) in [6, 6.07) is 3.74. The number of amides is 1. The number of imidazole rings is 1. The van der Waals surface area contributed by atoms with Crippen molar-refractivity contribution in [2.45, 2.75) is 46.1 Å². The number of unbranched alkanes of at least 4 members (excludes halogenated alkanes) is 2. The minimum atomic E-state index is -0.220. The van der Waals surface area contributed by atoms with E-state index in [2.05, 4.69) is 17.2 Å². The molecule has 0 saturated carbocycles. The van der Waals surface area contributed by atoms with Crippen LogP contribution < -0.4 is 10.9 Å². The number of aryl methyl sites for hydroxylation is 2. The number of aromatic nitrogens is 4. The average Bonchev–Trinajstić information content (AvgIpc) is 3.43. The summed E-state index contributed by atoms with van der Waals surface area (Å²) in [7, 11) is 0. The molecule has 0 spiro atoms. The van der Waals surface area contributed by atoms with E-state index in [1.54, 1.807) is 29.7 Å². The first-order chi connectivity index (χ1) is 16.5. The quantitative estimate of drug-likeness (QED) is 0.257. The maximum Gasteiger partial charge on any atom is 0.267 e. The number of rotatable bonds is 10. The number of thiocarbonyl (C=S) groups is 1. The second kappa shape index (κ2) is 11.0. The minimum absolute atomic E-state index is 0.147. The Morgan fingerprint density at radius 1 is 1.18 bits per heavy atom. The molecule has 1 saturated heterocycles. The molecule has 0 unspecified atom stereocenters. The Kier molecular flexibility index (Phi) is 7.79. The Labute approximate surface area is 208 Å². The second-order valence-corrected chi connectivity index (χ2v) is 9.86. The molecule has 0 bridgehead atoms. The van der Waals surface area contributed by atoms with Crippen LogP contribution >= 0.6 is 24.0 Å². The molecule has 4 heterocycles. The van der Waals surface area contributed by atoms with Crippen LogP contribution in [0.15, 0.2) is 46.8 Å². The fourth-order valence-electron chi connectivity index (χ4n) is 3.81. The fraction of sp³-hybridized carbons (Fsp3) is 0.375. The standard InChI is InChI=1S/C24H28N6O2S2/c1-3-4-5-12-30-23(32)19(34-24(30)33)15-18-20(26-9-7-11-28-14-10-25-16-28)27-21-17(2)8-6-13-29(21)22(18)31/h6,8,10,13-16,26H,3-5,7,9,11-12H2,1-2H3. The summed E-state index contributed by atoms with van der Waals surface area (Å²) in [5, 5.41) is 3.32. The van der Waals surface area contributed by atoms with Crippen LogP contribution in [0.25, 0.3) is 11.7 Å². The van der Waals surface area contributed by atoms with Crippen molar-refractivity contribution in [3.05, 3.63) is 63.4 Å². The highest BCUT2D eigenvalue weighted by atomic mass is 32.2. The van der Waals surface area contributed by atoms with Crippen LogP contribution in [0, 0.1) is 6.92 Å². The number of fused-ring (bicyclic) bond motifs is 1. The normalized spacial score (nSPS) is 15.1. The molecule has 4 rings (SSSR count). The highest BCUT2D eigenvalue weighted by Crippen LogP contribution is 2.33. The van der Waals surface area contributed by atoms with E-state index in [-0.39, 0.29) is 11.5 Å². The van der Waals surface area contributed by atoms with Crippen LogP contribution in [0.2, 0.25) is 0 Å². The van der Waals surface area contributed by atoms with Gasteiger partial charge in [-0.1, -0.05) is 49.8 Å². The molecule has 8 nitrogen and oxygen atoms in total. The third-order valence-corrected chi connectivity index (χ3v) is 7.04. The van der Waals surface area contributed by atoms with Gasteiger partial charge in [0, 0.05) is 38.2 Å². The topological polar surface area (TPSA) is 84.5 Å². The zero-order chi connectivity index (χ0) is 24.1. The number of carbonyl (C=O) groups excluding carboxylic acids is 1. The van der Waals surface area contributed by atoms with Crippen molar-refractivity contribution in [3.8, 4) is 0 Å². The third-order valence-electron chi connectivity index (χ3n) is 5.66. The molecule has 34 heavy (non-hydrogen) atoms. The molecule has 1 N–H and O–H groups in total. The fourth-order valence-corrected chi connectivity index (χ4v) is 5.10. The van der Waals surface area contributed by atoms with Crippen molar-refractivity contribution in [2.75, 3.05) is 18.4 Å². The lowest BCUT2D eigenvalue weighted by Crippen LogP contribution is -2.29. The summed E-state index contributed by atoms with van der Waals surface area (Å²) in [5.74, 6) is 0.326. The second-order valence-electron chi connectivity index (χ2n) is 8.19. The van der Waals surface area contributed by atoms with Crippen LogP contribution in [-0.4, -0.2) is 47.2 Å². The number of carbonyl (C=O) groups is 1. The molecule has 1 aliphatic rings. The summed E-state index contributed by atoms with van der Waals surface area (Å²) in [4.78, 5) is 37.4. The van der Waals surface area contributed by atoms with Gasteiger partial charge in [-0.25, -0.2) is 9.97 Å². The Morgan fingerprint density at radius 2 is 2.03 bits per heavy atom. The van der Waals surface area contributed by atoms with Gasteiger partial charge in [0.1, 0.15) is 15.8 Å². The van der Waals surface area contributed by atoms with Gasteiger partial charge >= 0.3 is 0 Å². The lowest BCUT2D eigenvalue weighted by molar-refractivity contribution is -0.122. The zero-order valence-electron chi connectivity index (χ0n) is 19.4. The van der Waals surface area contributed by atoms with E-state index in [4.69, 9.17) is 17.2 Å². The predicted octanol–water partition coefficient (Wildman–Crippen LogP) is 4.09. The number of hydrogen-bond acceptors (Lipinski definition) is 7. The van der Waals surface area contributed by atoms with Crippen LogP contribution in [-0.2, 0) is 11.3 Å². The highest BCUT2D eigenvalue weighted by molar-refractivity contribution is 8.26. The molecule has 178 valence electrons. The molecule has 3 aromatic rings. The van der Waals surface area contributed by atoms with Gasteiger partial charge in [-0.2, -0.15) is 0 Å². The molecule has 0 atom stereocenters. The number of nitrogens with zero attached hydrogens (tertiary/aromatic N) is 5. The van der Waals surface area contributed by atoms with E-state index >= 15 is 0 Å². The number of hydrogen-bond donors (Lipinski definition) is 1. The van der Waals surface area contributed by atoms with Gasteiger partial charge in [-0.05, 0) is 37.5 Å². The maximum absolute atomic E-state index is 13.4. The average molecular weight is 497 g/mol. The zero-order valence-corrected chi connectivity index (χ0v) is 21.0. The Bertz CT molecular complexity index is 1280. The first-order valence-electron chi connectivity index (χ1n) is 11.5. The molecule has 0 aromatic carbocycles. The SMILES string of the molecule is CCCCCN1C(=O)C(=Cc2c(NCCCn3ccnc3)nc3c(C)cccn3c2=O)SC1=S. The summed E-state index contributed by atoms with van der Waals surface area (Å²) in [6.45, 7) is 6.06. The van der Waals surface area contributed by atoms with E-state index in [0.29, 0.717) is 39.3 Å². The van der Waals surface area contributed by atoms with Gasteiger partial charge in [0.25, 0.3) is 11.5 Å². The number of nitrogens with one attached hydrogen (secondary N) is 1. The van der Waals surface area contributed by atoms with E-state index < -0.39 is 0 Å². The first-order valence-corrected chi connectivity index (χ1v) is 12.7. The number of anilines is 1. The van der Waals surface area contributed by atoms with Gasteiger partial charge in [0.2, 0.25) is 0 Å². The summed E-state index contributed by atoms with van der Waals surface area (Å²) in [6.07, 6.45) is 12.6. The van der Waals surface area contributed by atoms with Gasteiger partial charge in [0.05, 0.1) is 16.8 Å². The van der Waals surface area contributed by atoms with E-state index in [1.807, 2.05) is 29.8 Å².